The van der Waals surface area contributed by atoms with Crippen LogP contribution in [0, 0.1) is 0 Å². The fraction of sp³-hybridized carbons (Fsp3) is 0.571. The number of aromatic nitrogens is 1. The number of pyridine rings is 1. The molecular weight excluding hydrogens is 256 g/mol. The van der Waals surface area contributed by atoms with E-state index in [2.05, 4.69) is 10.3 Å². The van der Waals surface area contributed by atoms with Gasteiger partial charge in [-0.15, -0.1) is 0 Å². The van der Waals surface area contributed by atoms with Crippen LogP contribution in [0.5, 0.6) is 0 Å². The molecule has 4 rings (SSSR count). The third kappa shape index (κ3) is 1.83. The van der Waals surface area contributed by atoms with Gasteiger partial charge in [-0.3, -0.25) is 4.90 Å². The Labute approximate surface area is 117 Å². The summed E-state index contributed by atoms with van der Waals surface area (Å²) >= 11 is 0. The molecule has 0 radical (unpaired) electrons. The first kappa shape index (κ1) is 12.0. The number of piperidine rings is 1. The molecule has 1 spiro atoms. The van der Waals surface area contributed by atoms with Gasteiger partial charge in [-0.2, -0.15) is 0 Å². The van der Waals surface area contributed by atoms with Crippen molar-refractivity contribution in [2.24, 2.45) is 0 Å². The van der Waals surface area contributed by atoms with Crippen LogP contribution in [0.4, 0.5) is 16.3 Å². The van der Waals surface area contributed by atoms with Gasteiger partial charge in [-0.1, -0.05) is 0 Å². The van der Waals surface area contributed by atoms with E-state index in [4.69, 9.17) is 10.5 Å². The number of nitrogens with one attached hydrogen (secondary N) is 1. The van der Waals surface area contributed by atoms with Gasteiger partial charge >= 0.3 is 6.09 Å². The second-order valence-electron chi connectivity index (χ2n) is 6.12. The number of fused-ring (bicyclic) bond motifs is 2. The van der Waals surface area contributed by atoms with E-state index in [1.807, 2.05) is 6.07 Å². The van der Waals surface area contributed by atoms with E-state index in [1.165, 1.54) is 12.8 Å². The number of hydrogen-bond acceptors (Lipinski definition) is 5. The molecule has 0 aliphatic carbocycles. The highest BCUT2D eigenvalue weighted by Gasteiger charge is 2.52. The van der Waals surface area contributed by atoms with Crippen LogP contribution in [-0.4, -0.2) is 35.3 Å². The Morgan fingerprint density at radius 3 is 2.75 bits per heavy atom. The number of nitrogens with zero attached hydrogens (tertiary/aromatic N) is 2. The number of nitrogens with two attached hydrogens (primary N) is 1. The molecule has 0 saturated carbocycles. The summed E-state index contributed by atoms with van der Waals surface area (Å²) in [4.78, 5) is 17.9. The van der Waals surface area contributed by atoms with Gasteiger partial charge in [-0.25, -0.2) is 9.78 Å². The maximum atomic E-state index is 12.2. The van der Waals surface area contributed by atoms with E-state index in [0.29, 0.717) is 24.4 Å². The fourth-order valence-electron chi connectivity index (χ4n) is 3.80. The molecule has 6 nitrogen and oxygen atoms in total. The van der Waals surface area contributed by atoms with Gasteiger partial charge < -0.3 is 15.8 Å². The minimum absolute atomic E-state index is 0.266. The normalized spacial score (nSPS) is 35.6. The number of amides is 1. The number of anilines is 2. The smallest absolute Gasteiger partial charge is 0.415 e. The molecule has 3 aliphatic heterocycles. The molecule has 0 aromatic carbocycles. The molecule has 1 aromatic rings. The maximum absolute atomic E-state index is 12.2. The van der Waals surface area contributed by atoms with Crippen LogP contribution < -0.4 is 16.0 Å². The molecule has 0 unspecified atom stereocenters. The van der Waals surface area contributed by atoms with Crippen molar-refractivity contribution in [3.8, 4) is 0 Å². The molecule has 3 fully saturated rings. The topological polar surface area (TPSA) is 80.5 Å². The molecule has 6 heteroatoms. The highest BCUT2D eigenvalue weighted by molar-refractivity contribution is 5.90. The average molecular weight is 274 g/mol. The van der Waals surface area contributed by atoms with E-state index in [1.54, 1.807) is 17.2 Å². The van der Waals surface area contributed by atoms with Crippen LogP contribution in [0.3, 0.4) is 0 Å². The van der Waals surface area contributed by atoms with Crippen LogP contribution >= 0.6 is 0 Å². The Balaban J connectivity index is 1.59. The van der Waals surface area contributed by atoms with Crippen molar-refractivity contribution in [1.82, 2.24) is 10.3 Å². The van der Waals surface area contributed by atoms with E-state index >= 15 is 0 Å². The number of nitrogen functional groups attached to an aromatic ring is 1. The standard InChI is InChI=1S/C14H18N4O2/c15-12-4-3-11(7-16-12)18-8-14(20-13(18)19)5-9-1-2-10(6-14)17-9/h3-4,7,9-10,17H,1-2,5-6,8H2,(H2,15,16)/t9-,10+,14-. The van der Waals surface area contributed by atoms with E-state index in [-0.39, 0.29) is 11.7 Å². The number of carbonyl (C=O) groups excluding carboxylic acids is 1. The monoisotopic (exact) mass is 274 g/mol. The van der Waals surface area contributed by atoms with Crippen LogP contribution in [0.2, 0.25) is 0 Å². The predicted molar refractivity (Wildman–Crippen MR) is 74.4 cm³/mol. The molecule has 3 saturated heterocycles. The first-order chi connectivity index (χ1) is 9.63. The summed E-state index contributed by atoms with van der Waals surface area (Å²) in [5, 5.41) is 3.58. The van der Waals surface area contributed by atoms with E-state index < -0.39 is 0 Å². The van der Waals surface area contributed by atoms with Crippen LogP contribution in [0.1, 0.15) is 25.7 Å². The lowest BCUT2D eigenvalue weighted by Crippen LogP contribution is -2.50. The zero-order valence-electron chi connectivity index (χ0n) is 11.2. The first-order valence-corrected chi connectivity index (χ1v) is 7.12. The van der Waals surface area contributed by atoms with E-state index in [0.717, 1.165) is 18.5 Å². The first-order valence-electron chi connectivity index (χ1n) is 7.12. The Morgan fingerprint density at radius 1 is 1.35 bits per heavy atom. The van der Waals surface area contributed by atoms with Gasteiger partial charge in [0, 0.05) is 24.9 Å². The molecule has 3 N–H and O–H groups in total. The molecule has 3 atom stereocenters. The lowest BCUT2D eigenvalue weighted by Gasteiger charge is -2.36. The van der Waals surface area contributed by atoms with Crippen LogP contribution in [0.15, 0.2) is 18.3 Å². The average Bonchev–Trinajstić information content (AvgIpc) is 2.91. The van der Waals surface area contributed by atoms with Crippen LogP contribution in [-0.2, 0) is 4.74 Å². The SMILES string of the molecule is Nc1ccc(N2C[C@]3(C[C@H]4CC[C@@H](C3)N4)OC2=O)cn1. The van der Waals surface area contributed by atoms with E-state index in [9.17, 15) is 4.79 Å². The fourth-order valence-corrected chi connectivity index (χ4v) is 3.80. The van der Waals surface area contributed by atoms with Gasteiger partial charge in [0.1, 0.15) is 11.4 Å². The van der Waals surface area contributed by atoms with Crippen molar-refractivity contribution < 1.29 is 9.53 Å². The largest absolute Gasteiger partial charge is 0.441 e. The molecular formula is C14H18N4O2. The number of carbonyl (C=O) groups is 1. The summed E-state index contributed by atoms with van der Waals surface area (Å²) in [6, 6.07) is 4.51. The zero-order chi connectivity index (χ0) is 13.7. The summed E-state index contributed by atoms with van der Waals surface area (Å²) in [6.45, 7) is 0.617. The van der Waals surface area contributed by atoms with Gasteiger partial charge in [0.05, 0.1) is 18.4 Å². The molecule has 2 bridgehead atoms. The Hall–Kier alpha value is -1.82. The second kappa shape index (κ2) is 4.09. The number of ether oxygens (including phenoxy) is 1. The molecule has 1 aromatic heterocycles. The number of rotatable bonds is 1. The molecule has 4 heterocycles. The van der Waals surface area contributed by atoms with Crippen molar-refractivity contribution in [2.75, 3.05) is 17.2 Å². The third-order valence-corrected chi connectivity index (χ3v) is 4.62. The summed E-state index contributed by atoms with van der Waals surface area (Å²) in [6.07, 6.45) is 5.56. The quantitative estimate of drug-likeness (QED) is 0.806. The van der Waals surface area contributed by atoms with Gasteiger partial charge in [0.2, 0.25) is 0 Å². The van der Waals surface area contributed by atoms with Crippen molar-refractivity contribution in [2.45, 2.75) is 43.4 Å². The molecule has 3 aliphatic rings. The number of hydrogen-bond donors (Lipinski definition) is 2. The Bertz CT molecular complexity index is 533. The Morgan fingerprint density at radius 2 is 2.10 bits per heavy atom. The summed E-state index contributed by atoms with van der Waals surface area (Å²) in [7, 11) is 0. The van der Waals surface area contributed by atoms with Crippen molar-refractivity contribution in [3.63, 3.8) is 0 Å². The van der Waals surface area contributed by atoms with Gasteiger partial charge in [0.15, 0.2) is 0 Å². The maximum Gasteiger partial charge on any atom is 0.415 e. The highest BCUT2D eigenvalue weighted by atomic mass is 16.6. The summed E-state index contributed by atoms with van der Waals surface area (Å²) in [5.74, 6) is 0.455. The van der Waals surface area contributed by atoms with Crippen molar-refractivity contribution in [1.29, 1.82) is 0 Å². The van der Waals surface area contributed by atoms with Crippen molar-refractivity contribution in [3.05, 3.63) is 18.3 Å². The lowest BCUT2D eigenvalue weighted by atomic mass is 9.87. The minimum Gasteiger partial charge on any atom is -0.441 e. The lowest BCUT2D eigenvalue weighted by molar-refractivity contribution is 0.0161. The summed E-state index contributed by atoms with van der Waals surface area (Å²) in [5.41, 5.74) is 6.02. The second-order valence-corrected chi connectivity index (χ2v) is 6.12. The zero-order valence-corrected chi connectivity index (χ0v) is 11.2. The van der Waals surface area contributed by atoms with Gasteiger partial charge in [0.25, 0.3) is 0 Å². The third-order valence-electron chi connectivity index (χ3n) is 4.62. The van der Waals surface area contributed by atoms with Crippen LogP contribution in [0.25, 0.3) is 0 Å². The summed E-state index contributed by atoms with van der Waals surface area (Å²) < 4.78 is 5.76. The minimum atomic E-state index is -0.324. The predicted octanol–water partition coefficient (Wildman–Crippen LogP) is 1.27. The van der Waals surface area contributed by atoms with Gasteiger partial charge in [-0.05, 0) is 25.0 Å². The highest BCUT2D eigenvalue weighted by Crippen LogP contribution is 2.41. The molecule has 20 heavy (non-hydrogen) atoms. The molecule has 106 valence electrons. The van der Waals surface area contributed by atoms with Crippen molar-refractivity contribution >= 4 is 17.6 Å². The Kier molecular flexibility index (Phi) is 2.44. The molecule has 1 amide bonds.